The maximum absolute atomic E-state index is 11.9. The molecule has 8 rings (SSSR count). The minimum atomic E-state index is -0.455. The van der Waals surface area contributed by atoms with E-state index in [0.29, 0.717) is 43.6 Å². The molecule has 0 amide bonds. The fourth-order valence-electron chi connectivity index (χ4n) is 5.14. The molecule has 0 bridgehead atoms. The highest BCUT2D eigenvalue weighted by molar-refractivity contribution is 6.34. The number of rotatable bonds is 4. The Labute approximate surface area is 289 Å². The zero-order chi connectivity index (χ0) is 33.4. The average molecular weight is 716 g/mol. The Balaban J connectivity index is 0.000000152. The molecule has 16 heteroatoms. The Hall–Kier alpha value is -5.40. The molecule has 0 aliphatic heterocycles. The van der Waals surface area contributed by atoms with Crippen LogP contribution in [0.2, 0.25) is 20.4 Å². The lowest BCUT2D eigenvalue weighted by molar-refractivity contribution is 0.882. The summed E-state index contributed by atoms with van der Waals surface area (Å²) in [6, 6.07) is 21.7. The summed E-state index contributed by atoms with van der Waals surface area (Å²) in [5, 5.41) is 22.9. The zero-order valence-electron chi connectivity index (χ0n) is 24.1. The van der Waals surface area contributed by atoms with Gasteiger partial charge in [-0.1, -0.05) is 70.7 Å². The Morgan fingerprint density at radius 2 is 0.792 bits per heavy atom. The van der Waals surface area contributed by atoms with E-state index in [0.717, 1.165) is 31.3 Å². The SMILES string of the molecule is O=c1[nH]nc2c(-c3ccc(Cl)cc3)c(-c3ccncc3)c(Cl)nn12.O=c1[nH]nc2c(-c3ccncc3)c(-c3ccc(Cl)cc3)c(Cl)nn12. The van der Waals surface area contributed by atoms with Crippen LogP contribution in [-0.4, -0.2) is 49.6 Å². The van der Waals surface area contributed by atoms with E-state index in [-0.39, 0.29) is 10.3 Å². The second-order valence-electron chi connectivity index (χ2n) is 10.1. The standard InChI is InChI=1S/2C16H9Cl2N5O/c17-11-3-1-9(2-4-11)13-12(10-5-7-19-8-6-10)14(18)22-23-15(13)20-21-16(23)24;17-11-3-1-9(2-4-11)12-13(10-5-7-19-8-6-10)15-20-21-16(24)23(15)22-14(12)18/h2*1-8H,(H,21,24). The predicted molar refractivity (Wildman–Crippen MR) is 185 cm³/mol. The first-order valence-corrected chi connectivity index (χ1v) is 15.5. The first-order valence-electron chi connectivity index (χ1n) is 14.0. The van der Waals surface area contributed by atoms with Crippen LogP contribution in [0, 0.1) is 0 Å². The number of hydrogen-bond acceptors (Lipinski definition) is 8. The van der Waals surface area contributed by atoms with Crippen LogP contribution in [0.4, 0.5) is 0 Å². The number of fused-ring (bicyclic) bond motifs is 2. The van der Waals surface area contributed by atoms with Crippen molar-refractivity contribution >= 4 is 57.7 Å². The highest BCUT2D eigenvalue weighted by Crippen LogP contribution is 2.39. The molecule has 6 heterocycles. The molecule has 48 heavy (non-hydrogen) atoms. The normalized spacial score (nSPS) is 11.1. The van der Waals surface area contributed by atoms with Gasteiger partial charge in [0, 0.05) is 57.1 Å². The van der Waals surface area contributed by atoms with Crippen LogP contribution < -0.4 is 11.4 Å². The summed E-state index contributed by atoms with van der Waals surface area (Å²) in [5.74, 6) is 0. The molecule has 236 valence electrons. The molecule has 0 atom stereocenters. The maximum atomic E-state index is 11.9. The number of nitrogens with zero attached hydrogens (tertiary/aromatic N) is 8. The molecule has 0 aliphatic carbocycles. The second-order valence-corrected chi connectivity index (χ2v) is 11.7. The van der Waals surface area contributed by atoms with Crippen LogP contribution in [0.3, 0.4) is 0 Å². The predicted octanol–water partition coefficient (Wildman–Crippen LogP) is 6.91. The van der Waals surface area contributed by atoms with E-state index in [1.807, 2.05) is 48.5 Å². The number of benzene rings is 2. The second kappa shape index (κ2) is 13.0. The average Bonchev–Trinajstić information content (AvgIpc) is 3.66. The Morgan fingerprint density at radius 1 is 0.458 bits per heavy atom. The van der Waals surface area contributed by atoms with Gasteiger partial charge in [-0.3, -0.25) is 9.97 Å². The van der Waals surface area contributed by atoms with Crippen molar-refractivity contribution in [3.8, 4) is 44.5 Å². The van der Waals surface area contributed by atoms with Crippen molar-refractivity contribution in [3.63, 3.8) is 0 Å². The number of H-pyrrole nitrogens is 2. The van der Waals surface area contributed by atoms with Crippen molar-refractivity contribution in [3.05, 3.63) is 139 Å². The quantitative estimate of drug-likeness (QED) is 0.200. The largest absolute Gasteiger partial charge is 0.364 e. The molecule has 0 fully saturated rings. The molecule has 0 spiro atoms. The van der Waals surface area contributed by atoms with Crippen LogP contribution in [0.1, 0.15) is 0 Å². The summed E-state index contributed by atoms with van der Waals surface area (Å²) < 4.78 is 2.30. The molecule has 8 aromatic rings. The molecule has 0 saturated heterocycles. The van der Waals surface area contributed by atoms with Gasteiger partial charge in [-0.05, 0) is 70.8 Å². The van der Waals surface area contributed by atoms with Gasteiger partial charge in [-0.15, -0.1) is 10.2 Å². The lowest BCUT2D eigenvalue weighted by Gasteiger charge is -2.12. The fraction of sp³-hybridized carbons (Fsp3) is 0. The van der Waals surface area contributed by atoms with Crippen molar-refractivity contribution in [1.82, 2.24) is 49.6 Å². The number of hydrogen-bond donors (Lipinski definition) is 2. The van der Waals surface area contributed by atoms with E-state index in [2.05, 4.69) is 40.6 Å². The maximum Gasteiger partial charge on any atom is 0.364 e. The Morgan fingerprint density at radius 3 is 1.19 bits per heavy atom. The third kappa shape index (κ3) is 5.82. The van der Waals surface area contributed by atoms with Crippen molar-refractivity contribution < 1.29 is 0 Å². The Bertz CT molecular complexity index is 2530. The van der Waals surface area contributed by atoms with Gasteiger partial charge < -0.3 is 0 Å². The van der Waals surface area contributed by atoms with Crippen molar-refractivity contribution in [1.29, 1.82) is 0 Å². The summed E-state index contributed by atoms with van der Waals surface area (Å²) in [7, 11) is 0. The Kier molecular flexibility index (Phi) is 8.46. The van der Waals surface area contributed by atoms with Gasteiger partial charge >= 0.3 is 11.4 Å². The van der Waals surface area contributed by atoms with E-state index >= 15 is 0 Å². The first-order chi connectivity index (χ1) is 23.3. The lowest BCUT2D eigenvalue weighted by Crippen LogP contribution is -2.13. The third-order valence-electron chi connectivity index (χ3n) is 7.24. The fourth-order valence-corrected chi connectivity index (χ4v) is 5.95. The van der Waals surface area contributed by atoms with Crippen molar-refractivity contribution in [2.75, 3.05) is 0 Å². The van der Waals surface area contributed by atoms with Crippen molar-refractivity contribution in [2.24, 2.45) is 0 Å². The van der Waals surface area contributed by atoms with Gasteiger partial charge in [-0.25, -0.2) is 19.8 Å². The minimum Gasteiger partial charge on any atom is -0.265 e. The van der Waals surface area contributed by atoms with Crippen LogP contribution in [-0.2, 0) is 0 Å². The monoisotopic (exact) mass is 714 g/mol. The smallest absolute Gasteiger partial charge is 0.265 e. The third-order valence-corrected chi connectivity index (χ3v) is 8.27. The molecule has 0 radical (unpaired) electrons. The summed E-state index contributed by atoms with van der Waals surface area (Å²) in [5.41, 5.74) is 5.88. The topological polar surface area (TPSA) is 152 Å². The first kappa shape index (κ1) is 31.2. The molecule has 2 aromatic carbocycles. The summed E-state index contributed by atoms with van der Waals surface area (Å²) in [4.78, 5) is 31.9. The van der Waals surface area contributed by atoms with E-state index in [9.17, 15) is 9.59 Å². The molecule has 6 aromatic heterocycles. The molecule has 0 aliphatic rings. The van der Waals surface area contributed by atoms with Crippen molar-refractivity contribution in [2.45, 2.75) is 0 Å². The van der Waals surface area contributed by atoms with Crippen LogP contribution in [0.25, 0.3) is 55.8 Å². The summed E-state index contributed by atoms with van der Waals surface area (Å²) >= 11 is 24.8. The summed E-state index contributed by atoms with van der Waals surface area (Å²) in [6.07, 6.45) is 6.66. The zero-order valence-corrected chi connectivity index (χ0v) is 27.2. The lowest BCUT2D eigenvalue weighted by atomic mass is 9.97. The van der Waals surface area contributed by atoms with Crippen LogP contribution >= 0.6 is 46.4 Å². The molecule has 12 nitrogen and oxygen atoms in total. The number of aromatic nitrogens is 10. The van der Waals surface area contributed by atoms with Gasteiger partial charge in [0.2, 0.25) is 0 Å². The molecular formula is C32H18Cl4N10O2. The number of pyridine rings is 2. The molecule has 2 N–H and O–H groups in total. The van der Waals surface area contributed by atoms with E-state index in [1.165, 1.54) is 0 Å². The molecular weight excluding hydrogens is 698 g/mol. The molecule has 0 unspecified atom stereocenters. The van der Waals surface area contributed by atoms with Gasteiger partial charge in [0.1, 0.15) is 0 Å². The molecule has 0 saturated carbocycles. The van der Waals surface area contributed by atoms with Crippen LogP contribution in [0.15, 0.2) is 107 Å². The van der Waals surface area contributed by atoms with E-state index in [1.54, 1.807) is 49.1 Å². The summed E-state index contributed by atoms with van der Waals surface area (Å²) in [6.45, 7) is 0. The van der Waals surface area contributed by atoms with E-state index < -0.39 is 11.4 Å². The number of aromatic amines is 2. The number of halogens is 4. The van der Waals surface area contributed by atoms with Gasteiger partial charge in [0.05, 0.1) is 0 Å². The van der Waals surface area contributed by atoms with E-state index in [4.69, 9.17) is 46.4 Å². The highest BCUT2D eigenvalue weighted by Gasteiger charge is 2.22. The van der Waals surface area contributed by atoms with Gasteiger partial charge in [-0.2, -0.15) is 19.2 Å². The van der Waals surface area contributed by atoms with Gasteiger partial charge in [0.25, 0.3) is 0 Å². The highest BCUT2D eigenvalue weighted by atomic mass is 35.5. The number of nitrogens with one attached hydrogen (secondary N) is 2. The van der Waals surface area contributed by atoms with Crippen LogP contribution in [0.5, 0.6) is 0 Å². The minimum absolute atomic E-state index is 0.195. The van der Waals surface area contributed by atoms with Gasteiger partial charge in [0.15, 0.2) is 21.6 Å².